The highest BCUT2D eigenvalue weighted by Crippen LogP contribution is 2.17. The molecule has 0 radical (unpaired) electrons. The van der Waals surface area contributed by atoms with E-state index in [9.17, 15) is 4.79 Å². The maximum Gasteiger partial charge on any atom is 0.231 e. The van der Waals surface area contributed by atoms with Gasteiger partial charge < -0.3 is 11.1 Å². The van der Waals surface area contributed by atoms with E-state index in [0.29, 0.717) is 17.4 Å². The van der Waals surface area contributed by atoms with E-state index < -0.39 is 5.41 Å². The fourth-order valence-electron chi connectivity index (χ4n) is 0.843. The lowest BCUT2D eigenvalue weighted by atomic mass is 9.93. The first-order valence-electron chi connectivity index (χ1n) is 4.59. The molecule has 1 rings (SSSR count). The number of rotatable bonds is 3. The molecule has 0 atom stereocenters. The summed E-state index contributed by atoms with van der Waals surface area (Å²) < 4.78 is 0. The fraction of sp³-hybridized carbons (Fsp3) is 0.400. The summed E-state index contributed by atoms with van der Waals surface area (Å²) in [6.07, 6.45) is 1.51. The molecule has 0 bridgehead atoms. The van der Waals surface area contributed by atoms with Gasteiger partial charge in [-0.05, 0) is 26.0 Å². The van der Waals surface area contributed by atoms with Crippen LogP contribution in [0.4, 0.5) is 5.69 Å². The predicted octanol–water partition coefficient (Wildman–Crippen LogP) is 1.66. The van der Waals surface area contributed by atoms with Crippen LogP contribution in [0.25, 0.3) is 0 Å². The Bertz CT molecular complexity index is 348. The van der Waals surface area contributed by atoms with Crippen LogP contribution >= 0.6 is 11.6 Å². The lowest BCUT2D eigenvalue weighted by Gasteiger charge is -2.20. The van der Waals surface area contributed by atoms with Crippen LogP contribution in [0.15, 0.2) is 18.3 Å². The number of nitrogens with two attached hydrogens (primary N) is 1. The summed E-state index contributed by atoms with van der Waals surface area (Å²) in [6.45, 7) is 3.86. The smallest absolute Gasteiger partial charge is 0.231 e. The van der Waals surface area contributed by atoms with Crippen LogP contribution in [-0.2, 0) is 4.79 Å². The largest absolute Gasteiger partial charge is 0.329 e. The van der Waals surface area contributed by atoms with Gasteiger partial charge in [0.2, 0.25) is 5.91 Å². The van der Waals surface area contributed by atoms with Crippen LogP contribution in [-0.4, -0.2) is 17.4 Å². The molecular formula is C10H14ClN3O. The summed E-state index contributed by atoms with van der Waals surface area (Å²) in [4.78, 5) is 15.6. The summed E-state index contributed by atoms with van der Waals surface area (Å²) >= 11 is 5.62. The summed E-state index contributed by atoms with van der Waals surface area (Å²) in [5, 5.41) is 3.11. The molecule has 1 aromatic rings. The average Bonchev–Trinajstić information content (AvgIpc) is 2.21. The summed E-state index contributed by atoms with van der Waals surface area (Å²) in [6, 6.07) is 3.31. The van der Waals surface area contributed by atoms with Gasteiger partial charge in [-0.2, -0.15) is 0 Å². The van der Waals surface area contributed by atoms with E-state index in [1.54, 1.807) is 26.0 Å². The van der Waals surface area contributed by atoms with Gasteiger partial charge in [0.15, 0.2) is 0 Å². The molecule has 5 heteroatoms. The third kappa shape index (κ3) is 3.18. The minimum Gasteiger partial charge on any atom is -0.329 e. The van der Waals surface area contributed by atoms with Gasteiger partial charge in [0.1, 0.15) is 5.15 Å². The highest BCUT2D eigenvalue weighted by Gasteiger charge is 2.25. The monoisotopic (exact) mass is 227 g/mol. The number of carbonyl (C=O) groups excluding carboxylic acids is 1. The van der Waals surface area contributed by atoms with Crippen molar-refractivity contribution in [2.45, 2.75) is 13.8 Å². The normalized spacial score (nSPS) is 11.2. The van der Waals surface area contributed by atoms with Crippen LogP contribution in [0.1, 0.15) is 13.8 Å². The zero-order valence-corrected chi connectivity index (χ0v) is 9.51. The van der Waals surface area contributed by atoms with Gasteiger partial charge in [0.25, 0.3) is 0 Å². The van der Waals surface area contributed by atoms with Crippen molar-refractivity contribution in [1.82, 2.24) is 4.98 Å². The quantitative estimate of drug-likeness (QED) is 0.772. The number of anilines is 1. The number of halogens is 1. The number of pyridine rings is 1. The second kappa shape index (κ2) is 4.59. The van der Waals surface area contributed by atoms with Crippen molar-refractivity contribution in [3.63, 3.8) is 0 Å². The Morgan fingerprint density at radius 3 is 2.73 bits per heavy atom. The Hall–Kier alpha value is -1.13. The topological polar surface area (TPSA) is 68.0 Å². The highest BCUT2D eigenvalue weighted by molar-refractivity contribution is 6.29. The predicted molar refractivity (Wildman–Crippen MR) is 60.7 cm³/mol. The van der Waals surface area contributed by atoms with Gasteiger partial charge in [-0.25, -0.2) is 4.98 Å². The Balaban J connectivity index is 2.71. The van der Waals surface area contributed by atoms with Gasteiger partial charge in [-0.1, -0.05) is 11.6 Å². The fourth-order valence-corrected chi connectivity index (χ4v) is 0.955. The standard InChI is InChI=1S/C10H14ClN3O/c1-10(2,6-12)9(15)14-7-3-4-8(11)13-5-7/h3-5H,6,12H2,1-2H3,(H,14,15). The Morgan fingerprint density at radius 2 is 2.27 bits per heavy atom. The number of amides is 1. The molecule has 0 saturated heterocycles. The molecule has 1 amide bonds. The van der Waals surface area contributed by atoms with Crippen molar-refractivity contribution < 1.29 is 4.79 Å². The summed E-state index contributed by atoms with van der Waals surface area (Å²) in [5.74, 6) is -0.130. The molecule has 0 aliphatic heterocycles. The van der Waals surface area contributed by atoms with Crippen molar-refractivity contribution in [3.8, 4) is 0 Å². The lowest BCUT2D eigenvalue weighted by molar-refractivity contribution is -0.123. The number of hydrogen-bond acceptors (Lipinski definition) is 3. The van der Waals surface area contributed by atoms with E-state index in [1.165, 1.54) is 6.20 Å². The number of hydrogen-bond donors (Lipinski definition) is 2. The first-order valence-corrected chi connectivity index (χ1v) is 4.96. The van der Waals surface area contributed by atoms with Crippen molar-refractivity contribution in [2.75, 3.05) is 11.9 Å². The van der Waals surface area contributed by atoms with Crippen molar-refractivity contribution >= 4 is 23.2 Å². The molecule has 0 saturated carbocycles. The highest BCUT2D eigenvalue weighted by atomic mass is 35.5. The molecular weight excluding hydrogens is 214 g/mol. The van der Waals surface area contributed by atoms with E-state index in [1.807, 2.05) is 0 Å². The Kier molecular flexibility index (Phi) is 3.66. The molecule has 1 heterocycles. The summed E-state index contributed by atoms with van der Waals surface area (Å²) in [5.41, 5.74) is 5.52. The first kappa shape index (κ1) is 11.9. The first-order chi connectivity index (χ1) is 6.95. The third-order valence-corrected chi connectivity index (χ3v) is 2.33. The maximum atomic E-state index is 11.7. The van der Waals surface area contributed by atoms with Crippen molar-refractivity contribution in [3.05, 3.63) is 23.5 Å². The van der Waals surface area contributed by atoms with E-state index in [2.05, 4.69) is 10.3 Å². The van der Waals surface area contributed by atoms with Gasteiger partial charge in [-0.15, -0.1) is 0 Å². The van der Waals surface area contributed by atoms with E-state index in [4.69, 9.17) is 17.3 Å². The van der Waals surface area contributed by atoms with Gasteiger partial charge >= 0.3 is 0 Å². The van der Waals surface area contributed by atoms with Gasteiger partial charge in [0.05, 0.1) is 17.3 Å². The van der Waals surface area contributed by atoms with E-state index in [-0.39, 0.29) is 5.91 Å². The third-order valence-electron chi connectivity index (χ3n) is 2.11. The molecule has 0 unspecified atom stereocenters. The number of carbonyl (C=O) groups is 1. The Morgan fingerprint density at radius 1 is 1.60 bits per heavy atom. The molecule has 0 fully saturated rings. The van der Waals surface area contributed by atoms with Crippen LogP contribution < -0.4 is 11.1 Å². The molecule has 1 aromatic heterocycles. The van der Waals surface area contributed by atoms with Crippen LogP contribution in [0.2, 0.25) is 5.15 Å². The second-order valence-corrected chi connectivity index (χ2v) is 4.30. The molecule has 0 aliphatic rings. The molecule has 82 valence electrons. The van der Waals surface area contributed by atoms with E-state index >= 15 is 0 Å². The average molecular weight is 228 g/mol. The molecule has 0 spiro atoms. The second-order valence-electron chi connectivity index (χ2n) is 3.91. The van der Waals surface area contributed by atoms with Gasteiger partial charge in [-0.3, -0.25) is 4.79 Å². The zero-order chi connectivity index (χ0) is 11.5. The van der Waals surface area contributed by atoms with Crippen LogP contribution in [0.3, 0.4) is 0 Å². The lowest BCUT2D eigenvalue weighted by Crippen LogP contribution is -2.37. The minimum atomic E-state index is -0.584. The molecule has 3 N–H and O–H groups in total. The number of aromatic nitrogens is 1. The van der Waals surface area contributed by atoms with E-state index in [0.717, 1.165) is 0 Å². The molecule has 4 nitrogen and oxygen atoms in total. The molecule has 15 heavy (non-hydrogen) atoms. The SMILES string of the molecule is CC(C)(CN)C(=O)Nc1ccc(Cl)nc1. The van der Waals surface area contributed by atoms with Crippen molar-refractivity contribution in [1.29, 1.82) is 0 Å². The summed E-state index contributed by atoms with van der Waals surface area (Å²) in [7, 11) is 0. The minimum absolute atomic E-state index is 0.130. The van der Waals surface area contributed by atoms with Crippen LogP contribution in [0.5, 0.6) is 0 Å². The Labute approximate surface area is 93.8 Å². The number of nitrogens with one attached hydrogen (secondary N) is 1. The number of nitrogens with zero attached hydrogens (tertiary/aromatic N) is 1. The van der Waals surface area contributed by atoms with Crippen molar-refractivity contribution in [2.24, 2.45) is 11.1 Å². The van der Waals surface area contributed by atoms with Crippen LogP contribution in [0, 0.1) is 5.41 Å². The molecule has 0 aromatic carbocycles. The zero-order valence-electron chi connectivity index (χ0n) is 8.75. The maximum absolute atomic E-state index is 11.7. The molecule has 0 aliphatic carbocycles. The van der Waals surface area contributed by atoms with Gasteiger partial charge in [0, 0.05) is 6.54 Å².